The van der Waals surface area contributed by atoms with Crippen molar-refractivity contribution in [2.24, 2.45) is 0 Å². The summed E-state index contributed by atoms with van der Waals surface area (Å²) in [5.41, 5.74) is 2.22. The molecule has 0 bridgehead atoms. The summed E-state index contributed by atoms with van der Waals surface area (Å²) >= 11 is 0. The van der Waals surface area contributed by atoms with Crippen LogP contribution in [-0.4, -0.2) is 30.1 Å². The Kier molecular flexibility index (Phi) is 6.02. The summed E-state index contributed by atoms with van der Waals surface area (Å²) in [6.07, 6.45) is 1.22. The van der Waals surface area contributed by atoms with E-state index in [1.807, 2.05) is 24.3 Å². The lowest BCUT2D eigenvalue weighted by Crippen LogP contribution is -2.43. The molecule has 1 aromatic rings. The van der Waals surface area contributed by atoms with Crippen LogP contribution in [0.15, 0.2) is 24.3 Å². The molecule has 4 nitrogen and oxygen atoms in total. The van der Waals surface area contributed by atoms with E-state index >= 15 is 0 Å². The average molecular weight is 265 g/mol. The largest absolute Gasteiger partial charge is 0.500 e. The molecule has 1 aromatic carbocycles. The van der Waals surface area contributed by atoms with Crippen LogP contribution in [0.25, 0.3) is 0 Å². The molecule has 0 aliphatic rings. The molecule has 0 N–H and O–H groups in total. The Morgan fingerprint density at radius 1 is 1.06 bits per heavy atom. The van der Waals surface area contributed by atoms with Gasteiger partial charge in [-0.15, -0.1) is 0 Å². The van der Waals surface area contributed by atoms with Crippen molar-refractivity contribution in [2.75, 3.05) is 21.3 Å². The number of aryl methyl sites for hydroxylation is 1. The minimum atomic E-state index is -2.53. The molecule has 0 saturated carbocycles. The van der Waals surface area contributed by atoms with Crippen LogP contribution in [-0.2, 0) is 26.1 Å². The zero-order valence-corrected chi connectivity index (χ0v) is 12.1. The molecule has 1 rings (SSSR count). The number of benzene rings is 1. The van der Waals surface area contributed by atoms with E-state index in [4.69, 9.17) is 18.5 Å². The summed E-state index contributed by atoms with van der Waals surface area (Å²) in [4.78, 5) is 0. The minimum Gasteiger partial charge on any atom is -0.377 e. The second kappa shape index (κ2) is 7.29. The Balaban J connectivity index is 2.76. The molecule has 0 heterocycles. The third-order valence-corrected chi connectivity index (χ3v) is 5.75. The minimum absolute atomic E-state index is 0.428. The Hall–Kier alpha value is -1.19. The highest BCUT2D eigenvalue weighted by molar-refractivity contribution is 6.60. The van der Waals surface area contributed by atoms with Gasteiger partial charge in [0, 0.05) is 27.4 Å². The molecule has 0 saturated heterocycles. The first-order valence-corrected chi connectivity index (χ1v) is 7.73. The number of hydrogen-bond donors (Lipinski definition) is 0. The molecule has 18 heavy (non-hydrogen) atoms. The Morgan fingerprint density at radius 3 is 2.11 bits per heavy atom. The van der Waals surface area contributed by atoms with E-state index in [9.17, 15) is 0 Å². The van der Waals surface area contributed by atoms with E-state index < -0.39 is 8.80 Å². The molecule has 0 spiro atoms. The third kappa shape index (κ3) is 3.65. The lowest BCUT2D eigenvalue weighted by atomic mass is 10.0. The van der Waals surface area contributed by atoms with Gasteiger partial charge >= 0.3 is 8.80 Å². The lowest BCUT2D eigenvalue weighted by molar-refractivity contribution is 0.123. The quantitative estimate of drug-likeness (QED) is 0.709. The molecule has 5 heteroatoms. The molecule has 0 unspecified atom stereocenters. The fourth-order valence-electron chi connectivity index (χ4n) is 1.90. The third-order valence-electron chi connectivity index (χ3n) is 3.02. The van der Waals surface area contributed by atoms with Crippen LogP contribution in [0.5, 0.6) is 0 Å². The molecule has 0 radical (unpaired) electrons. The first-order valence-electron chi connectivity index (χ1n) is 5.80. The van der Waals surface area contributed by atoms with Crippen molar-refractivity contribution in [1.29, 1.82) is 5.26 Å². The van der Waals surface area contributed by atoms with Gasteiger partial charge in [-0.2, -0.15) is 5.26 Å². The first-order chi connectivity index (χ1) is 8.71. The molecule has 0 aliphatic carbocycles. The highest BCUT2D eigenvalue weighted by atomic mass is 28.4. The number of hydrogen-bond acceptors (Lipinski definition) is 4. The van der Waals surface area contributed by atoms with Crippen LogP contribution < -0.4 is 0 Å². The van der Waals surface area contributed by atoms with Gasteiger partial charge in [0.15, 0.2) is 0 Å². The summed E-state index contributed by atoms with van der Waals surface area (Å²) in [6.45, 7) is 0. The Bertz CT molecular complexity index is 405. The Morgan fingerprint density at radius 2 is 1.61 bits per heavy atom. The van der Waals surface area contributed by atoms with Gasteiger partial charge in [-0.1, -0.05) is 24.3 Å². The normalized spacial score (nSPS) is 11.2. The topological polar surface area (TPSA) is 51.5 Å². The van der Waals surface area contributed by atoms with Gasteiger partial charge in [-0.05, 0) is 17.5 Å². The van der Waals surface area contributed by atoms with Crippen molar-refractivity contribution in [3.8, 4) is 6.07 Å². The zero-order valence-electron chi connectivity index (χ0n) is 11.1. The van der Waals surface area contributed by atoms with E-state index in [0.717, 1.165) is 17.5 Å². The van der Waals surface area contributed by atoms with Gasteiger partial charge in [0.2, 0.25) is 0 Å². The summed E-state index contributed by atoms with van der Waals surface area (Å²) < 4.78 is 16.2. The summed E-state index contributed by atoms with van der Waals surface area (Å²) in [5.74, 6) is 0. The average Bonchev–Trinajstić information content (AvgIpc) is 2.43. The van der Waals surface area contributed by atoms with Crippen LogP contribution >= 0.6 is 0 Å². The monoisotopic (exact) mass is 265 g/mol. The lowest BCUT2D eigenvalue weighted by Gasteiger charge is -2.24. The van der Waals surface area contributed by atoms with Crippen molar-refractivity contribution in [1.82, 2.24) is 0 Å². The van der Waals surface area contributed by atoms with Gasteiger partial charge in [-0.25, -0.2) is 0 Å². The van der Waals surface area contributed by atoms with E-state index in [-0.39, 0.29) is 0 Å². The van der Waals surface area contributed by atoms with Crippen LogP contribution in [0.3, 0.4) is 0 Å². The number of nitrogens with zero attached hydrogens (tertiary/aromatic N) is 1. The summed E-state index contributed by atoms with van der Waals surface area (Å²) in [6, 6.07) is 10.8. The maximum Gasteiger partial charge on any atom is 0.500 e. The molecular formula is C13H19NO3Si. The standard InChI is InChI=1S/C13H19NO3Si/c1-15-18(16-2,17-3)11-9-13-7-5-4-6-12(13)8-10-14/h4-7H,8-9,11H2,1-3H3. The molecule has 0 aliphatic heterocycles. The van der Waals surface area contributed by atoms with Gasteiger partial charge < -0.3 is 13.3 Å². The van der Waals surface area contributed by atoms with E-state index in [1.54, 1.807) is 21.3 Å². The van der Waals surface area contributed by atoms with Crippen LogP contribution in [0.1, 0.15) is 11.1 Å². The SMILES string of the molecule is CO[Si](CCc1ccccc1CC#N)(OC)OC. The molecule has 0 aromatic heterocycles. The van der Waals surface area contributed by atoms with Crippen molar-refractivity contribution in [2.45, 2.75) is 18.9 Å². The molecular weight excluding hydrogens is 246 g/mol. The summed E-state index contributed by atoms with van der Waals surface area (Å²) in [7, 11) is 2.31. The van der Waals surface area contributed by atoms with Crippen molar-refractivity contribution >= 4 is 8.80 Å². The fourth-order valence-corrected chi connectivity index (χ4v) is 3.59. The van der Waals surface area contributed by atoms with E-state index in [0.29, 0.717) is 12.5 Å². The van der Waals surface area contributed by atoms with E-state index in [1.165, 1.54) is 0 Å². The van der Waals surface area contributed by atoms with Gasteiger partial charge in [-0.3, -0.25) is 0 Å². The highest BCUT2D eigenvalue weighted by Crippen LogP contribution is 2.19. The molecule has 0 atom stereocenters. The molecule has 98 valence electrons. The maximum atomic E-state index is 8.80. The Labute approximate surface area is 109 Å². The molecule has 0 fully saturated rings. The van der Waals surface area contributed by atoms with Gasteiger partial charge in [0.1, 0.15) is 0 Å². The smallest absolute Gasteiger partial charge is 0.377 e. The van der Waals surface area contributed by atoms with Gasteiger partial charge in [0.25, 0.3) is 0 Å². The second-order valence-corrected chi connectivity index (χ2v) is 6.99. The van der Waals surface area contributed by atoms with Crippen LogP contribution in [0, 0.1) is 11.3 Å². The molecule has 0 amide bonds. The fraction of sp³-hybridized carbons (Fsp3) is 0.462. The zero-order chi connectivity index (χ0) is 13.4. The predicted octanol–water partition coefficient (Wildman–Crippen LogP) is 2.17. The van der Waals surface area contributed by atoms with E-state index in [2.05, 4.69) is 6.07 Å². The maximum absolute atomic E-state index is 8.80. The van der Waals surface area contributed by atoms with Crippen LogP contribution in [0.2, 0.25) is 6.04 Å². The van der Waals surface area contributed by atoms with Crippen LogP contribution in [0.4, 0.5) is 0 Å². The first kappa shape index (κ1) is 14.9. The second-order valence-electron chi connectivity index (χ2n) is 3.90. The predicted molar refractivity (Wildman–Crippen MR) is 71.1 cm³/mol. The van der Waals surface area contributed by atoms with Crippen molar-refractivity contribution in [3.05, 3.63) is 35.4 Å². The number of nitriles is 1. The number of rotatable bonds is 7. The van der Waals surface area contributed by atoms with Crippen molar-refractivity contribution < 1.29 is 13.3 Å². The highest BCUT2D eigenvalue weighted by Gasteiger charge is 2.37. The summed E-state index contributed by atoms with van der Waals surface area (Å²) in [5, 5.41) is 8.80. The van der Waals surface area contributed by atoms with Gasteiger partial charge in [0.05, 0.1) is 12.5 Å². The van der Waals surface area contributed by atoms with Crippen molar-refractivity contribution in [3.63, 3.8) is 0 Å².